The van der Waals surface area contributed by atoms with E-state index >= 15 is 0 Å². The number of pyridine rings is 2. The van der Waals surface area contributed by atoms with Gasteiger partial charge in [-0.2, -0.15) is 0 Å². The highest BCUT2D eigenvalue weighted by atomic mass is 16.5. The van der Waals surface area contributed by atoms with Crippen molar-refractivity contribution in [1.29, 1.82) is 0 Å². The lowest BCUT2D eigenvalue weighted by Gasteiger charge is -2.07. The summed E-state index contributed by atoms with van der Waals surface area (Å²) in [7, 11) is 0. The van der Waals surface area contributed by atoms with Crippen molar-refractivity contribution in [2.24, 2.45) is 0 Å². The smallest absolute Gasteiger partial charge is 0.326 e. The summed E-state index contributed by atoms with van der Waals surface area (Å²) >= 11 is 0. The number of carbonyl (C=O) groups is 1. The van der Waals surface area contributed by atoms with Crippen molar-refractivity contribution in [3.8, 4) is 11.5 Å². The van der Waals surface area contributed by atoms with Crippen LogP contribution in [-0.2, 0) is 16.1 Å². The molecule has 3 rings (SSSR count). The summed E-state index contributed by atoms with van der Waals surface area (Å²) in [6.45, 7) is 2.19. The van der Waals surface area contributed by atoms with Gasteiger partial charge in [0.2, 0.25) is 0 Å². The van der Waals surface area contributed by atoms with Crippen LogP contribution in [0.3, 0.4) is 0 Å². The molecule has 0 fully saturated rings. The number of nitrogens with zero attached hydrogens (tertiary/aromatic N) is 4. The zero-order chi connectivity index (χ0) is 14.7. The van der Waals surface area contributed by atoms with Gasteiger partial charge in [0, 0.05) is 12.4 Å². The maximum atomic E-state index is 11.8. The summed E-state index contributed by atoms with van der Waals surface area (Å²) in [5.74, 6) is 0.289. The molecule has 0 saturated carbocycles. The van der Waals surface area contributed by atoms with Crippen LogP contribution in [0.5, 0.6) is 0 Å². The summed E-state index contributed by atoms with van der Waals surface area (Å²) in [6.07, 6.45) is 3.37. The summed E-state index contributed by atoms with van der Waals surface area (Å²) in [4.78, 5) is 24.9. The van der Waals surface area contributed by atoms with Crippen LogP contribution in [0.1, 0.15) is 6.92 Å². The van der Waals surface area contributed by atoms with Crippen LogP contribution in [0.4, 0.5) is 0 Å². The van der Waals surface area contributed by atoms with Crippen molar-refractivity contribution in [2.75, 3.05) is 6.61 Å². The lowest BCUT2D eigenvalue weighted by molar-refractivity contribution is -0.143. The topological polar surface area (TPSA) is 69.9 Å². The van der Waals surface area contributed by atoms with Gasteiger partial charge in [0.05, 0.1) is 6.61 Å². The van der Waals surface area contributed by atoms with E-state index in [0.29, 0.717) is 23.8 Å². The number of esters is 1. The highest BCUT2D eigenvalue weighted by molar-refractivity contribution is 5.79. The predicted molar refractivity (Wildman–Crippen MR) is 77.4 cm³/mol. The molecule has 0 unspecified atom stereocenters. The zero-order valence-electron chi connectivity index (χ0n) is 11.6. The van der Waals surface area contributed by atoms with Crippen molar-refractivity contribution in [3.05, 3.63) is 42.7 Å². The first-order valence-corrected chi connectivity index (χ1v) is 6.68. The van der Waals surface area contributed by atoms with Crippen molar-refractivity contribution < 1.29 is 9.53 Å². The van der Waals surface area contributed by atoms with Crippen molar-refractivity contribution in [3.63, 3.8) is 0 Å². The molecular weight excluding hydrogens is 268 g/mol. The molecule has 0 aliphatic rings. The van der Waals surface area contributed by atoms with Crippen molar-refractivity contribution in [1.82, 2.24) is 19.5 Å². The summed E-state index contributed by atoms with van der Waals surface area (Å²) in [5, 5.41) is 0. The van der Waals surface area contributed by atoms with Crippen LogP contribution in [0.2, 0.25) is 0 Å². The van der Waals surface area contributed by atoms with Gasteiger partial charge in [-0.3, -0.25) is 14.3 Å². The normalized spacial score (nSPS) is 10.7. The molecule has 0 amide bonds. The molecule has 0 bridgehead atoms. The fourth-order valence-electron chi connectivity index (χ4n) is 2.13. The molecular formula is C15H14N4O2. The number of imidazole rings is 1. The molecule has 0 aliphatic carbocycles. The molecule has 106 valence electrons. The predicted octanol–water partition coefficient (Wildman–Crippen LogP) is 2.06. The molecule has 0 saturated heterocycles. The van der Waals surface area contributed by atoms with Crippen LogP contribution in [0.15, 0.2) is 42.7 Å². The second kappa shape index (κ2) is 5.70. The van der Waals surface area contributed by atoms with Gasteiger partial charge >= 0.3 is 5.97 Å². The van der Waals surface area contributed by atoms with Gasteiger partial charge in [-0.15, -0.1) is 0 Å². The summed E-state index contributed by atoms with van der Waals surface area (Å²) in [5.41, 5.74) is 2.06. The van der Waals surface area contributed by atoms with Crippen LogP contribution in [0.25, 0.3) is 22.7 Å². The first-order valence-electron chi connectivity index (χ1n) is 6.68. The van der Waals surface area contributed by atoms with Crippen molar-refractivity contribution in [2.45, 2.75) is 13.5 Å². The third-order valence-electron chi connectivity index (χ3n) is 2.99. The molecule has 21 heavy (non-hydrogen) atoms. The van der Waals surface area contributed by atoms with E-state index in [-0.39, 0.29) is 12.5 Å². The number of hydrogen-bond acceptors (Lipinski definition) is 5. The Morgan fingerprint density at radius 3 is 2.81 bits per heavy atom. The molecule has 0 spiro atoms. The minimum atomic E-state index is -0.320. The van der Waals surface area contributed by atoms with E-state index < -0.39 is 0 Å². The zero-order valence-corrected chi connectivity index (χ0v) is 11.6. The maximum Gasteiger partial charge on any atom is 0.326 e. The lowest BCUT2D eigenvalue weighted by Crippen LogP contribution is -2.14. The van der Waals surface area contributed by atoms with E-state index in [4.69, 9.17) is 4.74 Å². The third kappa shape index (κ3) is 2.60. The van der Waals surface area contributed by atoms with Gasteiger partial charge in [0.1, 0.15) is 17.8 Å². The molecule has 6 heteroatoms. The standard InChI is InChI=1S/C15H14N4O2/c1-2-21-13(20)10-19-14-12(7-5-9-17-14)18-15(19)11-6-3-4-8-16-11/h3-9H,2,10H2,1H3. The van der Waals surface area contributed by atoms with Crippen LogP contribution in [0, 0.1) is 0 Å². The van der Waals surface area contributed by atoms with E-state index in [2.05, 4.69) is 15.0 Å². The lowest BCUT2D eigenvalue weighted by atomic mass is 10.3. The molecule has 0 aliphatic heterocycles. The van der Waals surface area contributed by atoms with E-state index in [1.807, 2.05) is 30.3 Å². The highest BCUT2D eigenvalue weighted by Crippen LogP contribution is 2.21. The Morgan fingerprint density at radius 1 is 1.19 bits per heavy atom. The minimum absolute atomic E-state index is 0.0628. The third-order valence-corrected chi connectivity index (χ3v) is 2.99. The Kier molecular flexibility index (Phi) is 3.59. The Balaban J connectivity index is 2.12. The van der Waals surface area contributed by atoms with Gasteiger partial charge < -0.3 is 4.74 Å². The fraction of sp³-hybridized carbons (Fsp3) is 0.200. The van der Waals surface area contributed by atoms with E-state index in [1.165, 1.54) is 0 Å². The molecule has 0 atom stereocenters. The number of fused-ring (bicyclic) bond motifs is 1. The van der Waals surface area contributed by atoms with Gasteiger partial charge in [0.25, 0.3) is 0 Å². The SMILES string of the molecule is CCOC(=O)Cn1c(-c2ccccn2)nc2cccnc21. The van der Waals surface area contributed by atoms with E-state index in [9.17, 15) is 4.79 Å². The number of carbonyl (C=O) groups excluding carboxylic acids is 1. The van der Waals surface area contributed by atoms with Crippen LogP contribution >= 0.6 is 0 Å². The van der Waals surface area contributed by atoms with Crippen LogP contribution < -0.4 is 0 Å². The molecule has 0 N–H and O–H groups in total. The molecule has 3 heterocycles. The van der Waals surface area contributed by atoms with Crippen molar-refractivity contribution >= 4 is 17.1 Å². The Hall–Kier alpha value is -2.76. The molecule has 6 nitrogen and oxygen atoms in total. The number of aromatic nitrogens is 4. The number of rotatable bonds is 4. The molecule has 0 aromatic carbocycles. The highest BCUT2D eigenvalue weighted by Gasteiger charge is 2.17. The first-order chi connectivity index (χ1) is 10.3. The van der Waals surface area contributed by atoms with Gasteiger partial charge in [-0.1, -0.05) is 6.07 Å². The average Bonchev–Trinajstić information content (AvgIpc) is 2.87. The Morgan fingerprint density at radius 2 is 2.05 bits per heavy atom. The Bertz CT molecular complexity index is 768. The molecule has 0 radical (unpaired) electrons. The minimum Gasteiger partial charge on any atom is -0.465 e. The van der Waals surface area contributed by atoms with Crippen LogP contribution in [-0.4, -0.2) is 32.1 Å². The van der Waals surface area contributed by atoms with Gasteiger partial charge in [-0.05, 0) is 31.2 Å². The molecule has 3 aromatic rings. The number of hydrogen-bond donors (Lipinski definition) is 0. The fourth-order valence-corrected chi connectivity index (χ4v) is 2.13. The second-order valence-electron chi connectivity index (χ2n) is 4.39. The largest absolute Gasteiger partial charge is 0.465 e. The second-order valence-corrected chi connectivity index (χ2v) is 4.39. The summed E-state index contributed by atoms with van der Waals surface area (Å²) in [6, 6.07) is 9.23. The summed E-state index contributed by atoms with van der Waals surface area (Å²) < 4.78 is 6.75. The number of ether oxygens (including phenoxy) is 1. The van der Waals surface area contributed by atoms with Gasteiger partial charge in [0.15, 0.2) is 11.5 Å². The monoisotopic (exact) mass is 282 g/mol. The van der Waals surface area contributed by atoms with E-state index in [1.54, 1.807) is 23.9 Å². The molecule has 3 aromatic heterocycles. The Labute approximate surface area is 121 Å². The van der Waals surface area contributed by atoms with E-state index in [0.717, 1.165) is 5.52 Å². The van der Waals surface area contributed by atoms with Gasteiger partial charge in [-0.25, -0.2) is 9.97 Å². The average molecular weight is 282 g/mol. The quantitative estimate of drug-likeness (QED) is 0.685. The first kappa shape index (κ1) is 13.2. The maximum absolute atomic E-state index is 11.8.